The van der Waals surface area contributed by atoms with Crippen LogP contribution in [0.15, 0.2) is 39.3 Å². The molecule has 5 heteroatoms. The molecule has 76 valence electrons. The average molecular weight is 331 g/mol. The summed E-state index contributed by atoms with van der Waals surface area (Å²) < 4.78 is 1.19. The van der Waals surface area contributed by atoms with Gasteiger partial charge in [-0.15, -0.1) is 0 Å². The number of rotatable bonds is 1. The van der Waals surface area contributed by atoms with Gasteiger partial charge in [0, 0.05) is 10.5 Å². The van der Waals surface area contributed by atoms with E-state index in [0.717, 1.165) is 10.8 Å². The molecule has 0 fully saturated rings. The molecule has 0 bridgehead atoms. The Bertz CT molecular complexity index is 554. The molecule has 0 N–H and O–H groups in total. The first-order valence-corrected chi connectivity index (χ1v) is 5.71. The molecule has 0 aliphatic heterocycles. The van der Waals surface area contributed by atoms with Gasteiger partial charge in [-0.2, -0.15) is 0 Å². The number of halogens is 2. The van der Waals surface area contributed by atoms with Crippen molar-refractivity contribution in [3.63, 3.8) is 0 Å². The van der Waals surface area contributed by atoms with E-state index in [-0.39, 0.29) is 5.69 Å². The maximum Gasteiger partial charge on any atom is 0.285 e. The first-order valence-electron chi connectivity index (χ1n) is 4.12. The molecule has 2 rings (SSSR count). The fourth-order valence-electron chi connectivity index (χ4n) is 1.40. The summed E-state index contributed by atoms with van der Waals surface area (Å²) >= 11 is 6.56. The Morgan fingerprint density at radius 1 is 1.13 bits per heavy atom. The third-order valence-electron chi connectivity index (χ3n) is 2.10. The summed E-state index contributed by atoms with van der Waals surface area (Å²) in [7, 11) is 0. The van der Waals surface area contributed by atoms with Crippen LogP contribution in [0.2, 0.25) is 0 Å². The van der Waals surface area contributed by atoms with E-state index in [1.54, 1.807) is 6.07 Å². The van der Waals surface area contributed by atoms with E-state index in [9.17, 15) is 10.1 Å². The fourth-order valence-corrected chi connectivity index (χ4v) is 2.43. The van der Waals surface area contributed by atoms with Crippen molar-refractivity contribution in [3.05, 3.63) is 49.4 Å². The van der Waals surface area contributed by atoms with Gasteiger partial charge in [-0.3, -0.25) is 10.1 Å². The van der Waals surface area contributed by atoms with Gasteiger partial charge >= 0.3 is 0 Å². The third kappa shape index (κ3) is 1.77. The molecule has 0 amide bonds. The van der Waals surface area contributed by atoms with Gasteiger partial charge in [0.25, 0.3) is 5.69 Å². The van der Waals surface area contributed by atoms with Gasteiger partial charge in [0.2, 0.25) is 0 Å². The van der Waals surface area contributed by atoms with E-state index in [2.05, 4.69) is 31.9 Å². The summed E-state index contributed by atoms with van der Waals surface area (Å²) in [4.78, 5) is 10.4. The van der Waals surface area contributed by atoms with E-state index < -0.39 is 4.92 Å². The van der Waals surface area contributed by atoms with Crippen molar-refractivity contribution in [2.45, 2.75) is 0 Å². The lowest BCUT2D eigenvalue weighted by Crippen LogP contribution is -1.90. The summed E-state index contributed by atoms with van der Waals surface area (Å²) in [5.41, 5.74) is 0.0700. The second-order valence-electron chi connectivity index (χ2n) is 3.00. The molecule has 2 aromatic rings. The van der Waals surface area contributed by atoms with Crippen LogP contribution >= 0.6 is 31.9 Å². The van der Waals surface area contributed by atoms with Crippen molar-refractivity contribution in [1.82, 2.24) is 0 Å². The van der Waals surface area contributed by atoms with Gasteiger partial charge in [0.1, 0.15) is 4.47 Å². The normalized spacial score (nSPS) is 10.5. The molecule has 0 aliphatic rings. The van der Waals surface area contributed by atoms with Gasteiger partial charge in [-0.25, -0.2) is 0 Å². The molecule has 0 spiro atoms. The number of nitro groups is 1. The minimum absolute atomic E-state index is 0.0700. The molecule has 0 aliphatic carbocycles. The number of hydrogen-bond donors (Lipinski definition) is 0. The first-order chi connectivity index (χ1) is 7.11. The third-order valence-corrected chi connectivity index (χ3v) is 4.26. The predicted molar refractivity (Wildman–Crippen MR) is 66.0 cm³/mol. The van der Waals surface area contributed by atoms with Crippen molar-refractivity contribution < 1.29 is 4.92 Å². The highest BCUT2D eigenvalue weighted by Gasteiger charge is 2.17. The molecule has 0 unspecified atom stereocenters. The summed E-state index contributed by atoms with van der Waals surface area (Å²) in [6.45, 7) is 0. The van der Waals surface area contributed by atoms with Crippen molar-refractivity contribution in [2.75, 3.05) is 0 Å². The summed E-state index contributed by atoms with van der Waals surface area (Å²) in [6.07, 6.45) is 0. The quantitative estimate of drug-likeness (QED) is 0.578. The second-order valence-corrected chi connectivity index (χ2v) is 4.59. The smallest absolute Gasteiger partial charge is 0.258 e. The zero-order chi connectivity index (χ0) is 11.0. The Balaban J connectivity index is 2.88. The summed E-state index contributed by atoms with van der Waals surface area (Å²) in [6, 6.07) is 9.06. The molecule has 0 aromatic heterocycles. The van der Waals surface area contributed by atoms with Crippen LogP contribution in [0.5, 0.6) is 0 Å². The average Bonchev–Trinajstić information content (AvgIpc) is 2.23. The van der Waals surface area contributed by atoms with Crippen LogP contribution in [0.1, 0.15) is 0 Å². The van der Waals surface area contributed by atoms with Gasteiger partial charge < -0.3 is 0 Å². The van der Waals surface area contributed by atoms with Crippen LogP contribution in [0.3, 0.4) is 0 Å². The van der Waals surface area contributed by atoms with Gasteiger partial charge in [0.05, 0.1) is 4.92 Å². The van der Waals surface area contributed by atoms with E-state index in [0.29, 0.717) is 8.95 Å². The maximum absolute atomic E-state index is 10.8. The Kier molecular flexibility index (Phi) is 2.75. The number of hydrogen-bond acceptors (Lipinski definition) is 2. The van der Waals surface area contributed by atoms with Crippen LogP contribution < -0.4 is 0 Å². The molecule has 0 saturated heterocycles. The fraction of sp³-hybridized carbons (Fsp3) is 0. The number of nitrogens with zero attached hydrogens (tertiary/aromatic N) is 1. The maximum atomic E-state index is 10.8. The minimum Gasteiger partial charge on any atom is -0.258 e. The van der Waals surface area contributed by atoms with E-state index in [1.165, 1.54) is 0 Å². The molecule has 15 heavy (non-hydrogen) atoms. The van der Waals surface area contributed by atoms with Crippen molar-refractivity contribution >= 4 is 48.3 Å². The molecule has 0 atom stereocenters. The lowest BCUT2D eigenvalue weighted by molar-refractivity contribution is -0.385. The molecule has 0 radical (unpaired) electrons. The van der Waals surface area contributed by atoms with Gasteiger partial charge in [-0.1, -0.05) is 24.3 Å². The minimum atomic E-state index is -0.402. The Morgan fingerprint density at radius 3 is 2.47 bits per heavy atom. The monoisotopic (exact) mass is 329 g/mol. The van der Waals surface area contributed by atoms with Crippen LogP contribution in [-0.4, -0.2) is 4.92 Å². The highest BCUT2D eigenvalue weighted by Crippen LogP contribution is 2.38. The Morgan fingerprint density at radius 2 is 1.80 bits per heavy atom. The van der Waals surface area contributed by atoms with Crippen LogP contribution in [0.25, 0.3) is 10.8 Å². The SMILES string of the molecule is O=[N+]([O-])c1cc2ccccc2c(Br)c1Br. The summed E-state index contributed by atoms with van der Waals surface area (Å²) in [5.74, 6) is 0. The first kappa shape index (κ1) is 10.6. The van der Waals surface area contributed by atoms with Crippen molar-refractivity contribution in [2.24, 2.45) is 0 Å². The van der Waals surface area contributed by atoms with Crippen LogP contribution in [0.4, 0.5) is 5.69 Å². The van der Waals surface area contributed by atoms with E-state index >= 15 is 0 Å². The van der Waals surface area contributed by atoms with Gasteiger partial charge in [-0.05, 0) is 42.6 Å². The van der Waals surface area contributed by atoms with Crippen LogP contribution in [-0.2, 0) is 0 Å². The molecule has 3 nitrogen and oxygen atoms in total. The Hall–Kier alpha value is -0.940. The number of fused-ring (bicyclic) bond motifs is 1. The number of nitro benzene ring substituents is 1. The van der Waals surface area contributed by atoms with E-state index in [4.69, 9.17) is 0 Å². The van der Waals surface area contributed by atoms with Gasteiger partial charge in [0.15, 0.2) is 0 Å². The molecular formula is C10H5Br2NO2. The molecule has 0 saturated carbocycles. The second kappa shape index (κ2) is 3.90. The number of benzene rings is 2. The lowest BCUT2D eigenvalue weighted by Gasteiger charge is -2.03. The highest BCUT2D eigenvalue weighted by molar-refractivity contribution is 9.13. The van der Waals surface area contributed by atoms with Crippen molar-refractivity contribution in [1.29, 1.82) is 0 Å². The Labute approximate surface area is 103 Å². The molecule has 0 heterocycles. The topological polar surface area (TPSA) is 43.1 Å². The zero-order valence-electron chi connectivity index (χ0n) is 7.41. The van der Waals surface area contributed by atoms with E-state index in [1.807, 2.05) is 24.3 Å². The predicted octanol–water partition coefficient (Wildman–Crippen LogP) is 4.27. The highest BCUT2D eigenvalue weighted by atomic mass is 79.9. The zero-order valence-corrected chi connectivity index (χ0v) is 10.6. The lowest BCUT2D eigenvalue weighted by atomic mass is 10.1. The molecule has 2 aromatic carbocycles. The summed E-state index contributed by atoms with van der Waals surface area (Å²) in [5, 5.41) is 12.6. The van der Waals surface area contributed by atoms with Crippen molar-refractivity contribution in [3.8, 4) is 0 Å². The standard InChI is InChI=1S/C10H5Br2NO2/c11-9-7-4-2-1-3-6(7)5-8(10(9)12)13(14)15/h1-5H. The van der Waals surface area contributed by atoms with Crippen LogP contribution in [0, 0.1) is 10.1 Å². The molecular weight excluding hydrogens is 326 g/mol. The largest absolute Gasteiger partial charge is 0.285 e.